The van der Waals surface area contributed by atoms with Crippen molar-refractivity contribution in [3.05, 3.63) is 74.4 Å². The van der Waals surface area contributed by atoms with Crippen molar-refractivity contribution in [3.8, 4) is 5.69 Å². The van der Waals surface area contributed by atoms with Gasteiger partial charge in [0, 0.05) is 6.20 Å². The maximum absolute atomic E-state index is 13.1. The van der Waals surface area contributed by atoms with Crippen molar-refractivity contribution in [2.45, 2.75) is 6.18 Å². The molecule has 0 fully saturated rings. The van der Waals surface area contributed by atoms with Gasteiger partial charge in [0.05, 0.1) is 25.4 Å². The first kappa shape index (κ1) is 18.7. The lowest BCUT2D eigenvalue weighted by Crippen LogP contribution is -2.19. The molecule has 1 aromatic heterocycles. The second-order valence-corrected chi connectivity index (χ2v) is 6.79. The molecule has 0 saturated carbocycles. The van der Waals surface area contributed by atoms with E-state index in [0.29, 0.717) is 14.3 Å². The lowest BCUT2D eigenvalue weighted by Gasteiger charge is -2.12. The maximum atomic E-state index is 13.1. The molecule has 0 spiro atoms. The topological polar surface area (TPSA) is 46.9 Å². The summed E-state index contributed by atoms with van der Waals surface area (Å²) in [5.41, 5.74) is -0.885. The number of nitrogens with one attached hydrogen (secondary N) is 1. The Hall–Kier alpha value is -2.07. The van der Waals surface area contributed by atoms with Crippen molar-refractivity contribution in [1.82, 2.24) is 9.78 Å². The number of amides is 1. The Balaban J connectivity index is 1.92. The van der Waals surface area contributed by atoms with Gasteiger partial charge in [0.2, 0.25) is 0 Å². The number of halogens is 5. The molecule has 0 aliphatic rings. The quantitative estimate of drug-likeness (QED) is 0.499. The summed E-state index contributed by atoms with van der Waals surface area (Å²) < 4.78 is 41.3. The summed E-state index contributed by atoms with van der Waals surface area (Å²) in [4.78, 5) is 12.4. The van der Waals surface area contributed by atoms with Gasteiger partial charge in [0.15, 0.2) is 5.82 Å². The van der Waals surface area contributed by atoms with E-state index >= 15 is 0 Å². The van der Waals surface area contributed by atoms with Crippen LogP contribution in [0.4, 0.5) is 19.0 Å². The molecule has 0 radical (unpaired) electrons. The molecular weight excluding hydrogens is 482 g/mol. The molecule has 1 amide bonds. The van der Waals surface area contributed by atoms with Gasteiger partial charge >= 0.3 is 6.18 Å². The zero-order valence-electron chi connectivity index (χ0n) is 12.9. The maximum Gasteiger partial charge on any atom is 0.417 e. The minimum Gasteiger partial charge on any atom is -0.304 e. The molecule has 4 nitrogen and oxygen atoms in total. The average molecular weight is 492 g/mol. The smallest absolute Gasteiger partial charge is 0.304 e. The molecule has 26 heavy (non-hydrogen) atoms. The predicted molar refractivity (Wildman–Crippen MR) is 101 cm³/mol. The van der Waals surface area contributed by atoms with E-state index in [0.717, 1.165) is 12.1 Å². The van der Waals surface area contributed by atoms with E-state index in [1.165, 1.54) is 16.8 Å². The van der Waals surface area contributed by atoms with Gasteiger partial charge in [-0.3, -0.25) is 4.79 Å². The fraction of sp³-hybridized carbons (Fsp3) is 0.0588. The van der Waals surface area contributed by atoms with Crippen molar-refractivity contribution in [2.75, 3.05) is 5.32 Å². The molecule has 2 aromatic carbocycles. The van der Waals surface area contributed by atoms with Crippen LogP contribution < -0.4 is 5.32 Å². The van der Waals surface area contributed by atoms with Crippen LogP contribution in [0.5, 0.6) is 0 Å². The minimum atomic E-state index is -4.63. The number of aromatic nitrogens is 2. The monoisotopic (exact) mass is 491 g/mol. The van der Waals surface area contributed by atoms with E-state index in [1.807, 2.05) is 22.6 Å². The van der Waals surface area contributed by atoms with Crippen molar-refractivity contribution >= 4 is 45.9 Å². The van der Waals surface area contributed by atoms with Crippen molar-refractivity contribution in [2.24, 2.45) is 0 Å². The van der Waals surface area contributed by atoms with Gasteiger partial charge < -0.3 is 5.32 Å². The van der Waals surface area contributed by atoms with Crippen LogP contribution in [0.15, 0.2) is 54.7 Å². The third kappa shape index (κ3) is 3.85. The van der Waals surface area contributed by atoms with Crippen molar-refractivity contribution in [3.63, 3.8) is 0 Å². The van der Waals surface area contributed by atoms with Crippen LogP contribution in [0, 0.1) is 3.57 Å². The third-order valence-electron chi connectivity index (χ3n) is 3.48. The number of rotatable bonds is 3. The first-order valence-electron chi connectivity index (χ1n) is 7.25. The summed E-state index contributed by atoms with van der Waals surface area (Å²) >= 11 is 8.05. The summed E-state index contributed by atoms with van der Waals surface area (Å²) in [7, 11) is 0. The third-order valence-corrected chi connectivity index (χ3v) is 4.59. The number of alkyl halides is 3. The highest BCUT2D eigenvalue weighted by Crippen LogP contribution is 2.32. The van der Waals surface area contributed by atoms with Gasteiger partial charge in [-0.1, -0.05) is 35.9 Å². The Morgan fingerprint density at radius 3 is 2.46 bits per heavy atom. The van der Waals surface area contributed by atoms with E-state index in [2.05, 4.69) is 10.4 Å². The van der Waals surface area contributed by atoms with Crippen LogP contribution in [0.2, 0.25) is 5.02 Å². The van der Waals surface area contributed by atoms with Crippen molar-refractivity contribution in [1.29, 1.82) is 0 Å². The number of para-hydroxylation sites is 1. The van der Waals surface area contributed by atoms with E-state index in [-0.39, 0.29) is 5.82 Å². The lowest BCUT2D eigenvalue weighted by atomic mass is 10.1. The molecule has 0 unspecified atom stereocenters. The lowest BCUT2D eigenvalue weighted by molar-refractivity contribution is -0.137. The molecule has 1 N–H and O–H groups in total. The van der Waals surface area contributed by atoms with Gasteiger partial charge in [-0.15, -0.1) is 5.10 Å². The molecule has 134 valence electrons. The molecule has 0 aliphatic carbocycles. The van der Waals surface area contributed by atoms with Crippen LogP contribution in [0.25, 0.3) is 5.69 Å². The minimum absolute atomic E-state index is 0.146. The Morgan fingerprint density at radius 2 is 1.77 bits per heavy atom. The standard InChI is InChI=1S/C17H10ClF3IN3O/c18-12-7-3-4-8-14(12)25-9-13(22)15(24-25)23-16(26)10-5-1-2-6-11(10)17(19,20)21/h1-9H,(H,23,24,26). The zero-order chi connectivity index (χ0) is 18.9. The van der Waals surface area contributed by atoms with Crippen LogP contribution in [-0.2, 0) is 6.18 Å². The predicted octanol–water partition coefficient (Wildman–Crippen LogP) is 5.40. The van der Waals surface area contributed by atoms with Gasteiger partial charge in [-0.05, 0) is 46.9 Å². The van der Waals surface area contributed by atoms with Gasteiger partial charge in [-0.2, -0.15) is 13.2 Å². The van der Waals surface area contributed by atoms with Crippen molar-refractivity contribution < 1.29 is 18.0 Å². The number of carbonyl (C=O) groups is 1. The van der Waals surface area contributed by atoms with Gasteiger partial charge in [-0.25, -0.2) is 4.68 Å². The number of benzene rings is 2. The molecular formula is C17H10ClF3IN3O. The fourth-order valence-corrected chi connectivity index (χ4v) is 3.03. The number of nitrogens with zero attached hydrogens (tertiary/aromatic N) is 2. The molecule has 3 rings (SSSR count). The molecule has 1 heterocycles. The highest BCUT2D eigenvalue weighted by Gasteiger charge is 2.35. The zero-order valence-corrected chi connectivity index (χ0v) is 15.8. The Labute approximate surface area is 165 Å². The summed E-state index contributed by atoms with van der Waals surface area (Å²) in [6, 6.07) is 11.5. The fourth-order valence-electron chi connectivity index (χ4n) is 2.30. The van der Waals surface area contributed by atoms with Crippen LogP contribution >= 0.6 is 34.2 Å². The summed E-state index contributed by atoms with van der Waals surface area (Å²) in [5, 5.41) is 7.09. The summed E-state index contributed by atoms with van der Waals surface area (Å²) in [6.07, 6.45) is -3.01. The van der Waals surface area contributed by atoms with Gasteiger partial charge in [0.25, 0.3) is 5.91 Å². The highest BCUT2D eigenvalue weighted by atomic mass is 127. The van der Waals surface area contributed by atoms with Crippen LogP contribution in [0.3, 0.4) is 0 Å². The number of carbonyl (C=O) groups excluding carboxylic acids is 1. The largest absolute Gasteiger partial charge is 0.417 e. The number of hydrogen-bond acceptors (Lipinski definition) is 2. The Kier molecular flexibility index (Phi) is 5.24. The van der Waals surface area contributed by atoms with Crippen LogP contribution in [-0.4, -0.2) is 15.7 Å². The first-order chi connectivity index (χ1) is 12.3. The number of hydrogen-bond donors (Lipinski definition) is 1. The number of anilines is 1. The first-order valence-corrected chi connectivity index (χ1v) is 8.70. The normalized spacial score (nSPS) is 11.4. The SMILES string of the molecule is O=C(Nc1nn(-c2ccccc2Cl)cc1I)c1ccccc1C(F)(F)F. The van der Waals surface area contributed by atoms with E-state index in [1.54, 1.807) is 30.5 Å². The molecule has 0 bridgehead atoms. The Morgan fingerprint density at radius 1 is 1.12 bits per heavy atom. The molecule has 9 heteroatoms. The average Bonchev–Trinajstić information content (AvgIpc) is 2.95. The molecule has 0 atom stereocenters. The Bertz CT molecular complexity index is 972. The molecule has 3 aromatic rings. The second kappa shape index (κ2) is 7.28. The van der Waals surface area contributed by atoms with Gasteiger partial charge in [0.1, 0.15) is 0 Å². The van der Waals surface area contributed by atoms with E-state index in [4.69, 9.17) is 11.6 Å². The van der Waals surface area contributed by atoms with E-state index < -0.39 is 23.2 Å². The second-order valence-electron chi connectivity index (χ2n) is 5.22. The molecule has 0 saturated heterocycles. The summed E-state index contributed by atoms with van der Waals surface area (Å²) in [6.45, 7) is 0. The van der Waals surface area contributed by atoms with Crippen LogP contribution in [0.1, 0.15) is 15.9 Å². The van der Waals surface area contributed by atoms with E-state index in [9.17, 15) is 18.0 Å². The summed E-state index contributed by atoms with van der Waals surface area (Å²) in [5.74, 6) is -0.743. The highest BCUT2D eigenvalue weighted by molar-refractivity contribution is 14.1. The molecule has 0 aliphatic heterocycles.